The first-order valence-corrected chi connectivity index (χ1v) is 7.39. The summed E-state index contributed by atoms with van der Waals surface area (Å²) >= 11 is 9.71. The summed E-state index contributed by atoms with van der Waals surface area (Å²) in [5, 5.41) is 4.86. The molecule has 0 fully saturated rings. The van der Waals surface area contributed by atoms with Crippen LogP contribution in [0.3, 0.4) is 0 Å². The second-order valence-electron chi connectivity index (χ2n) is 4.75. The maximum absolute atomic E-state index is 6.32. The molecule has 0 saturated heterocycles. The zero-order chi connectivity index (χ0) is 14.7. The van der Waals surface area contributed by atoms with Gasteiger partial charge in [-0.15, -0.1) is 0 Å². The molecular formula is C13H17BrClN5. The Morgan fingerprint density at radius 3 is 2.90 bits per heavy atom. The third-order valence-corrected chi connectivity index (χ3v) is 3.93. The van der Waals surface area contributed by atoms with Gasteiger partial charge >= 0.3 is 0 Å². The van der Waals surface area contributed by atoms with Crippen LogP contribution >= 0.6 is 27.5 Å². The van der Waals surface area contributed by atoms with Crippen LogP contribution in [0.25, 0.3) is 0 Å². The minimum atomic E-state index is -0.414. The van der Waals surface area contributed by atoms with Gasteiger partial charge in [-0.3, -0.25) is 9.67 Å². The van der Waals surface area contributed by atoms with Crippen molar-refractivity contribution in [2.24, 2.45) is 5.73 Å². The average molecular weight is 359 g/mol. The van der Waals surface area contributed by atoms with E-state index in [0.29, 0.717) is 5.02 Å². The molecule has 1 atom stereocenters. The number of hydrogen-bond acceptors (Lipinski definition) is 4. The van der Waals surface area contributed by atoms with Crippen LogP contribution in [0.2, 0.25) is 5.02 Å². The highest BCUT2D eigenvalue weighted by molar-refractivity contribution is 9.10. The van der Waals surface area contributed by atoms with Gasteiger partial charge < -0.3 is 10.6 Å². The number of pyridine rings is 1. The summed E-state index contributed by atoms with van der Waals surface area (Å²) in [5.74, 6) is 0. The number of hydrogen-bond donors (Lipinski definition) is 1. The van der Waals surface area contributed by atoms with E-state index in [-0.39, 0.29) is 0 Å². The molecule has 0 aromatic carbocycles. The number of rotatable bonds is 5. The van der Waals surface area contributed by atoms with E-state index in [1.54, 1.807) is 12.4 Å². The first-order valence-electron chi connectivity index (χ1n) is 6.22. The van der Waals surface area contributed by atoms with E-state index in [9.17, 15) is 0 Å². The van der Waals surface area contributed by atoms with Crippen LogP contribution in [0.15, 0.2) is 29.0 Å². The normalized spacial score (nSPS) is 12.9. The van der Waals surface area contributed by atoms with Gasteiger partial charge in [0.05, 0.1) is 35.2 Å². The number of aromatic nitrogens is 3. The summed E-state index contributed by atoms with van der Waals surface area (Å²) in [6, 6.07) is 3.35. The first-order chi connectivity index (χ1) is 9.50. The maximum Gasteiger partial charge on any atom is 0.0923 e. The Morgan fingerprint density at radius 1 is 1.50 bits per heavy atom. The Kier molecular flexibility index (Phi) is 5.15. The molecule has 0 aliphatic heterocycles. The van der Waals surface area contributed by atoms with Crippen molar-refractivity contribution in [3.8, 4) is 0 Å². The van der Waals surface area contributed by atoms with Crippen molar-refractivity contribution in [1.29, 1.82) is 0 Å². The molecule has 7 heteroatoms. The zero-order valence-corrected chi connectivity index (χ0v) is 13.8. The standard InChI is InChI=1S/C13H17BrClN5/c1-19(2)6-7-20-13(10(15)8-18-20)11(16)12-9(14)4-3-5-17-12/h3-5,8,11H,6-7,16H2,1-2H3. The summed E-state index contributed by atoms with van der Waals surface area (Å²) in [7, 11) is 4.03. The topological polar surface area (TPSA) is 60.0 Å². The Morgan fingerprint density at radius 2 is 2.25 bits per heavy atom. The number of likely N-dealkylation sites (N-methyl/N-ethyl adjacent to an activating group) is 1. The fourth-order valence-corrected chi connectivity index (χ4v) is 2.67. The van der Waals surface area contributed by atoms with Gasteiger partial charge in [0.15, 0.2) is 0 Å². The second-order valence-corrected chi connectivity index (χ2v) is 6.01. The van der Waals surface area contributed by atoms with Gasteiger partial charge in [0.25, 0.3) is 0 Å². The van der Waals surface area contributed by atoms with Crippen LogP contribution in [0.4, 0.5) is 0 Å². The molecule has 2 rings (SSSR count). The first kappa shape index (κ1) is 15.4. The van der Waals surface area contributed by atoms with Gasteiger partial charge in [-0.05, 0) is 42.2 Å². The molecule has 1 unspecified atom stereocenters. The SMILES string of the molecule is CN(C)CCn1ncc(Cl)c1C(N)c1ncccc1Br. The van der Waals surface area contributed by atoms with Crippen LogP contribution in [-0.4, -0.2) is 40.3 Å². The van der Waals surface area contributed by atoms with Crippen molar-refractivity contribution in [2.75, 3.05) is 20.6 Å². The lowest BCUT2D eigenvalue weighted by Crippen LogP contribution is -2.24. The number of halogens is 2. The van der Waals surface area contributed by atoms with Gasteiger partial charge in [-0.1, -0.05) is 11.6 Å². The van der Waals surface area contributed by atoms with Crippen LogP contribution in [0.1, 0.15) is 17.4 Å². The summed E-state index contributed by atoms with van der Waals surface area (Å²) in [6.07, 6.45) is 3.34. The zero-order valence-electron chi connectivity index (χ0n) is 11.4. The molecule has 2 aromatic heterocycles. The van der Waals surface area contributed by atoms with Gasteiger partial charge in [0.1, 0.15) is 0 Å². The molecule has 108 valence electrons. The van der Waals surface area contributed by atoms with Crippen molar-refractivity contribution in [1.82, 2.24) is 19.7 Å². The van der Waals surface area contributed by atoms with E-state index in [1.807, 2.05) is 30.9 Å². The minimum Gasteiger partial charge on any atom is -0.318 e. The van der Waals surface area contributed by atoms with E-state index in [0.717, 1.165) is 29.0 Å². The fraction of sp³-hybridized carbons (Fsp3) is 0.385. The largest absolute Gasteiger partial charge is 0.318 e. The highest BCUT2D eigenvalue weighted by atomic mass is 79.9. The van der Waals surface area contributed by atoms with Crippen molar-refractivity contribution in [3.63, 3.8) is 0 Å². The third-order valence-electron chi connectivity index (χ3n) is 2.97. The van der Waals surface area contributed by atoms with Crippen molar-refractivity contribution in [3.05, 3.63) is 45.4 Å². The molecule has 0 aliphatic rings. The van der Waals surface area contributed by atoms with Gasteiger partial charge in [-0.2, -0.15) is 5.10 Å². The lowest BCUT2D eigenvalue weighted by Gasteiger charge is -2.17. The Bertz CT molecular complexity index is 584. The van der Waals surface area contributed by atoms with Crippen LogP contribution in [0, 0.1) is 0 Å². The summed E-state index contributed by atoms with van der Waals surface area (Å²) in [4.78, 5) is 6.41. The molecule has 20 heavy (non-hydrogen) atoms. The van der Waals surface area contributed by atoms with E-state index in [1.165, 1.54) is 0 Å². The molecule has 5 nitrogen and oxygen atoms in total. The molecular weight excluding hydrogens is 342 g/mol. The monoisotopic (exact) mass is 357 g/mol. The number of nitrogens with zero attached hydrogens (tertiary/aromatic N) is 4. The molecule has 0 saturated carbocycles. The van der Waals surface area contributed by atoms with E-state index >= 15 is 0 Å². The second kappa shape index (κ2) is 6.67. The Labute approximate surface area is 131 Å². The number of nitrogens with two attached hydrogens (primary N) is 1. The maximum atomic E-state index is 6.32. The molecule has 2 heterocycles. The smallest absolute Gasteiger partial charge is 0.0923 e. The minimum absolute atomic E-state index is 0.414. The van der Waals surface area contributed by atoms with Crippen LogP contribution in [-0.2, 0) is 6.54 Å². The van der Waals surface area contributed by atoms with E-state index in [4.69, 9.17) is 17.3 Å². The summed E-state index contributed by atoms with van der Waals surface area (Å²) in [6.45, 7) is 1.59. The van der Waals surface area contributed by atoms with E-state index < -0.39 is 6.04 Å². The molecule has 2 N–H and O–H groups in total. The summed E-state index contributed by atoms with van der Waals surface area (Å²) in [5.41, 5.74) is 7.85. The molecule has 0 amide bonds. The van der Waals surface area contributed by atoms with Gasteiger partial charge in [-0.25, -0.2) is 0 Å². The van der Waals surface area contributed by atoms with Crippen LogP contribution < -0.4 is 5.73 Å². The lowest BCUT2D eigenvalue weighted by atomic mass is 10.1. The molecule has 0 aliphatic carbocycles. The summed E-state index contributed by atoms with van der Waals surface area (Å²) < 4.78 is 2.71. The third kappa shape index (κ3) is 3.38. The highest BCUT2D eigenvalue weighted by Gasteiger charge is 2.21. The Hall–Kier alpha value is -0.950. The van der Waals surface area contributed by atoms with Crippen molar-refractivity contribution in [2.45, 2.75) is 12.6 Å². The average Bonchev–Trinajstić information content (AvgIpc) is 2.77. The molecule has 0 radical (unpaired) electrons. The van der Waals surface area contributed by atoms with Gasteiger partial charge in [0.2, 0.25) is 0 Å². The predicted octanol–water partition coefficient (Wildman–Crippen LogP) is 2.30. The van der Waals surface area contributed by atoms with Crippen LogP contribution in [0.5, 0.6) is 0 Å². The van der Waals surface area contributed by atoms with E-state index in [2.05, 4.69) is 30.9 Å². The van der Waals surface area contributed by atoms with Gasteiger partial charge in [0, 0.05) is 17.2 Å². The fourth-order valence-electron chi connectivity index (χ4n) is 1.91. The molecule has 0 spiro atoms. The van der Waals surface area contributed by atoms with Crippen molar-refractivity contribution >= 4 is 27.5 Å². The molecule has 2 aromatic rings. The Balaban J connectivity index is 2.32. The quantitative estimate of drug-likeness (QED) is 0.891. The lowest BCUT2D eigenvalue weighted by molar-refractivity contribution is 0.368. The highest BCUT2D eigenvalue weighted by Crippen LogP contribution is 2.29. The van der Waals surface area contributed by atoms with Crippen molar-refractivity contribution < 1.29 is 0 Å². The predicted molar refractivity (Wildman–Crippen MR) is 83.8 cm³/mol. The molecule has 0 bridgehead atoms.